The first-order valence-electron chi connectivity index (χ1n) is 9.54. The quantitative estimate of drug-likeness (QED) is 0.284. The summed E-state index contributed by atoms with van der Waals surface area (Å²) < 4.78 is 22.8. The van der Waals surface area contributed by atoms with Crippen LogP contribution in [0.15, 0.2) is 6.20 Å². The van der Waals surface area contributed by atoms with Crippen LogP contribution in [0.1, 0.15) is 25.7 Å². The fourth-order valence-corrected chi connectivity index (χ4v) is 4.29. The van der Waals surface area contributed by atoms with Crippen molar-refractivity contribution in [1.82, 2.24) is 19.7 Å². The zero-order valence-corrected chi connectivity index (χ0v) is 17.5. The van der Waals surface area contributed by atoms with E-state index in [0.29, 0.717) is 22.9 Å². The van der Waals surface area contributed by atoms with Gasteiger partial charge in [-0.25, -0.2) is 4.68 Å². The summed E-state index contributed by atoms with van der Waals surface area (Å²) in [5.74, 6) is 0.582. The van der Waals surface area contributed by atoms with E-state index in [1.165, 1.54) is 4.68 Å². The number of hydrogen-bond acceptors (Lipinski definition) is 9. The maximum absolute atomic E-state index is 11.0. The molecule has 2 aromatic heterocycles. The molecule has 2 fully saturated rings. The van der Waals surface area contributed by atoms with Gasteiger partial charge in [-0.3, -0.25) is 4.57 Å². The molecule has 0 spiro atoms. The number of ether oxygens (including phenoxy) is 2. The molecule has 5 N–H and O–H groups in total. The van der Waals surface area contributed by atoms with Crippen LogP contribution in [0.25, 0.3) is 11.0 Å². The molecule has 4 atom stereocenters. The van der Waals surface area contributed by atoms with E-state index >= 15 is 0 Å². The van der Waals surface area contributed by atoms with E-state index in [4.69, 9.17) is 30.9 Å². The number of aliphatic hydroxyl groups excluding tert-OH is 2. The number of nitrogens with one attached hydrogen (secondary N) is 1. The third kappa shape index (κ3) is 4.76. The Kier molecular flexibility index (Phi) is 6.29. The third-order valence-corrected chi connectivity index (χ3v) is 5.90. The molecule has 1 aliphatic carbocycles. The summed E-state index contributed by atoms with van der Waals surface area (Å²) in [6.45, 7) is 0.00765. The Morgan fingerprint density at radius 1 is 1.27 bits per heavy atom. The smallest absolute Gasteiger partial charge is 0.351 e. The van der Waals surface area contributed by atoms with Crippen molar-refractivity contribution >= 4 is 36.0 Å². The second-order valence-electron chi connectivity index (χ2n) is 7.52. The van der Waals surface area contributed by atoms with Crippen molar-refractivity contribution in [2.45, 2.75) is 62.9 Å². The number of fused-ring (bicyclic) bond motifs is 1. The Morgan fingerprint density at radius 2 is 2.00 bits per heavy atom. The van der Waals surface area contributed by atoms with Crippen LogP contribution >= 0.6 is 19.2 Å². The molecular weight excluding hydrogens is 441 g/mol. The zero-order valence-electron chi connectivity index (χ0n) is 15.8. The van der Waals surface area contributed by atoms with Crippen LogP contribution < -0.4 is 5.32 Å². The Morgan fingerprint density at radius 3 is 2.70 bits per heavy atom. The van der Waals surface area contributed by atoms with Gasteiger partial charge in [0.1, 0.15) is 24.1 Å². The van der Waals surface area contributed by atoms with Gasteiger partial charge in [0.2, 0.25) is 5.28 Å². The molecule has 1 aliphatic heterocycles. The average molecular weight is 464 g/mol. The van der Waals surface area contributed by atoms with E-state index in [2.05, 4.69) is 20.4 Å². The van der Waals surface area contributed by atoms with Crippen LogP contribution in [0.2, 0.25) is 5.28 Å². The van der Waals surface area contributed by atoms with E-state index < -0.39 is 38.5 Å². The third-order valence-electron chi connectivity index (χ3n) is 5.24. The van der Waals surface area contributed by atoms with Gasteiger partial charge in [-0.15, -0.1) is 0 Å². The highest BCUT2D eigenvalue weighted by molar-refractivity contribution is 7.51. The normalized spacial score (nSPS) is 27.9. The van der Waals surface area contributed by atoms with Crippen LogP contribution in [0.5, 0.6) is 0 Å². The molecule has 1 unspecified atom stereocenters. The molecule has 166 valence electrons. The molecule has 4 rings (SSSR count). The van der Waals surface area contributed by atoms with Crippen LogP contribution in [0, 0.1) is 0 Å². The molecule has 30 heavy (non-hydrogen) atoms. The van der Waals surface area contributed by atoms with Crippen LogP contribution in [0.3, 0.4) is 0 Å². The highest BCUT2D eigenvalue weighted by Gasteiger charge is 2.44. The fraction of sp³-hybridized carbons (Fsp3) is 0.688. The maximum Gasteiger partial charge on any atom is 0.351 e. The minimum Gasteiger partial charge on any atom is -0.387 e. The number of aromatic nitrogens is 4. The fourth-order valence-electron chi connectivity index (χ4n) is 3.78. The predicted octanol–water partition coefficient (Wildman–Crippen LogP) is 0.433. The first-order valence-corrected chi connectivity index (χ1v) is 11.7. The second-order valence-corrected chi connectivity index (χ2v) is 9.44. The first-order chi connectivity index (χ1) is 14.2. The van der Waals surface area contributed by atoms with Crippen molar-refractivity contribution in [3.63, 3.8) is 0 Å². The van der Waals surface area contributed by atoms with Crippen molar-refractivity contribution < 1.29 is 34.0 Å². The van der Waals surface area contributed by atoms with Gasteiger partial charge in [-0.05, 0) is 24.4 Å². The van der Waals surface area contributed by atoms with E-state index in [-0.39, 0.29) is 11.8 Å². The SMILES string of the molecule is O=P(O)(O)COC1O[C@H](Cn2ncc3c(NC4CCCC4)nc(Cl)nc32)[C@H](O)[C@@H]1O. The van der Waals surface area contributed by atoms with Crippen LogP contribution in [-0.4, -0.2) is 76.7 Å². The van der Waals surface area contributed by atoms with E-state index in [1.54, 1.807) is 6.20 Å². The Labute approximate surface area is 176 Å². The summed E-state index contributed by atoms with van der Waals surface area (Å²) in [6, 6.07) is 0.310. The summed E-state index contributed by atoms with van der Waals surface area (Å²) in [7, 11) is -4.45. The van der Waals surface area contributed by atoms with Gasteiger partial charge in [-0.1, -0.05) is 12.8 Å². The highest BCUT2D eigenvalue weighted by Crippen LogP contribution is 2.36. The Balaban J connectivity index is 1.51. The van der Waals surface area contributed by atoms with E-state index in [1.807, 2.05) is 0 Å². The second kappa shape index (κ2) is 8.64. The van der Waals surface area contributed by atoms with E-state index in [9.17, 15) is 14.8 Å². The number of hydrogen-bond donors (Lipinski definition) is 5. The van der Waals surface area contributed by atoms with Crippen molar-refractivity contribution in [1.29, 1.82) is 0 Å². The van der Waals surface area contributed by atoms with Crippen molar-refractivity contribution in [2.75, 3.05) is 11.7 Å². The lowest BCUT2D eigenvalue weighted by Gasteiger charge is -2.16. The lowest BCUT2D eigenvalue weighted by molar-refractivity contribution is -0.158. The number of halogens is 1. The molecule has 14 heteroatoms. The van der Waals surface area contributed by atoms with Gasteiger partial charge >= 0.3 is 7.60 Å². The summed E-state index contributed by atoms with van der Waals surface area (Å²) >= 11 is 6.10. The number of aliphatic hydroxyl groups is 2. The summed E-state index contributed by atoms with van der Waals surface area (Å²) in [6.07, 6.45) is -0.0733. The average Bonchev–Trinajstić information content (AvgIpc) is 3.37. The number of rotatable bonds is 7. The van der Waals surface area contributed by atoms with Crippen LogP contribution in [-0.2, 0) is 20.6 Å². The predicted molar refractivity (Wildman–Crippen MR) is 105 cm³/mol. The number of anilines is 1. The summed E-state index contributed by atoms with van der Waals surface area (Å²) in [4.78, 5) is 26.3. The van der Waals surface area contributed by atoms with Crippen LogP contribution in [0.4, 0.5) is 5.82 Å². The van der Waals surface area contributed by atoms with E-state index in [0.717, 1.165) is 25.7 Å². The summed E-state index contributed by atoms with van der Waals surface area (Å²) in [5, 5.41) is 28.7. The van der Waals surface area contributed by atoms with Crippen molar-refractivity contribution in [3.8, 4) is 0 Å². The largest absolute Gasteiger partial charge is 0.387 e. The molecule has 2 aliphatic rings. The van der Waals surface area contributed by atoms with Gasteiger partial charge in [0.25, 0.3) is 0 Å². The monoisotopic (exact) mass is 463 g/mol. The molecule has 1 saturated carbocycles. The van der Waals surface area contributed by atoms with Gasteiger partial charge in [0, 0.05) is 6.04 Å². The Hall–Kier alpha value is -1.37. The van der Waals surface area contributed by atoms with Gasteiger partial charge in [0.15, 0.2) is 18.3 Å². The van der Waals surface area contributed by atoms with Crippen molar-refractivity contribution in [3.05, 3.63) is 11.5 Å². The molecule has 0 amide bonds. The molecule has 0 aromatic carbocycles. The lowest BCUT2D eigenvalue weighted by atomic mass is 10.1. The maximum atomic E-state index is 11.0. The number of nitrogens with zero attached hydrogens (tertiary/aromatic N) is 4. The molecule has 0 bridgehead atoms. The highest BCUT2D eigenvalue weighted by atomic mass is 35.5. The molecule has 2 aromatic rings. The van der Waals surface area contributed by atoms with Gasteiger partial charge < -0.3 is 34.8 Å². The molecule has 0 radical (unpaired) electrons. The molecular formula is C16H23ClN5O7P. The topological polar surface area (TPSA) is 172 Å². The Bertz CT molecular complexity index is 949. The molecule has 1 saturated heterocycles. The zero-order chi connectivity index (χ0) is 21.5. The van der Waals surface area contributed by atoms with Crippen molar-refractivity contribution in [2.24, 2.45) is 0 Å². The summed E-state index contributed by atoms with van der Waals surface area (Å²) in [5.41, 5.74) is 0.431. The van der Waals surface area contributed by atoms with Gasteiger partial charge in [0.05, 0.1) is 18.1 Å². The standard InChI is InChI=1S/C16H23ClN5O7P/c17-16-20-13(19-8-3-1-2-4-8)9-5-18-22(14(9)21-16)6-10-11(23)12(24)15(29-10)28-7-30(25,26)27/h5,8,10-12,15,23-24H,1-4,6-7H2,(H,19,20,21)(H2,25,26,27)/t10-,11+,12+,15?/m1/s1. The minimum atomic E-state index is -4.45. The van der Waals surface area contributed by atoms with Gasteiger partial charge in [-0.2, -0.15) is 15.1 Å². The lowest BCUT2D eigenvalue weighted by Crippen LogP contribution is -2.35. The first kappa shape index (κ1) is 21.8. The minimum absolute atomic E-state index is 0.00765. The molecule has 3 heterocycles. The molecule has 12 nitrogen and oxygen atoms in total.